The van der Waals surface area contributed by atoms with Crippen LogP contribution in [0.3, 0.4) is 0 Å². The average Bonchev–Trinajstić information content (AvgIpc) is 3.11. The number of fused-ring (bicyclic) bond motifs is 1. The van der Waals surface area contributed by atoms with E-state index in [1.165, 1.54) is 0 Å². The van der Waals surface area contributed by atoms with Crippen molar-refractivity contribution in [2.24, 2.45) is 0 Å². The van der Waals surface area contributed by atoms with Crippen LogP contribution in [0.25, 0.3) is 11.0 Å². The Morgan fingerprint density at radius 3 is 2.41 bits per heavy atom. The van der Waals surface area contributed by atoms with Crippen LogP contribution in [0.1, 0.15) is 64.5 Å². The van der Waals surface area contributed by atoms with Gasteiger partial charge in [0, 0.05) is 39.0 Å². The number of nitrogens with two attached hydrogens (primary N) is 1. The van der Waals surface area contributed by atoms with E-state index in [2.05, 4.69) is 4.98 Å². The monoisotopic (exact) mass is 563 g/mol. The predicted molar refractivity (Wildman–Crippen MR) is 157 cm³/mol. The number of ether oxygens (including phenoxy) is 3. The van der Waals surface area contributed by atoms with E-state index in [0.717, 1.165) is 35.9 Å². The van der Waals surface area contributed by atoms with Gasteiger partial charge in [-0.1, -0.05) is 36.4 Å². The summed E-state index contributed by atoms with van der Waals surface area (Å²) in [5.41, 5.74) is 8.49. The molecule has 0 radical (unpaired) electrons. The van der Waals surface area contributed by atoms with E-state index in [1.54, 1.807) is 9.80 Å². The second kappa shape index (κ2) is 12.3. The van der Waals surface area contributed by atoms with Gasteiger partial charge in [0.25, 0.3) is 0 Å². The molecule has 2 N–H and O–H groups in total. The molecule has 3 aromatic rings. The summed E-state index contributed by atoms with van der Waals surface area (Å²) in [5.74, 6) is 1.12. The number of nitrogens with zero attached hydrogens (tertiary/aromatic N) is 4. The van der Waals surface area contributed by atoms with E-state index < -0.39 is 5.60 Å². The Balaban J connectivity index is 1.26. The molecule has 5 rings (SSSR count). The van der Waals surface area contributed by atoms with E-state index in [-0.39, 0.29) is 30.9 Å². The lowest BCUT2D eigenvalue weighted by atomic mass is 10.1. The molecule has 2 saturated heterocycles. The third kappa shape index (κ3) is 7.04. The highest BCUT2D eigenvalue weighted by atomic mass is 16.6. The number of carbonyl (C=O) groups is 2. The van der Waals surface area contributed by atoms with Crippen molar-refractivity contribution in [1.29, 1.82) is 0 Å². The fourth-order valence-corrected chi connectivity index (χ4v) is 5.57. The van der Waals surface area contributed by atoms with Crippen LogP contribution in [0.5, 0.6) is 5.75 Å². The van der Waals surface area contributed by atoms with Crippen LogP contribution >= 0.6 is 0 Å². The molecule has 220 valence electrons. The molecule has 2 aromatic carbocycles. The van der Waals surface area contributed by atoms with Gasteiger partial charge >= 0.3 is 12.2 Å². The lowest BCUT2D eigenvalue weighted by Gasteiger charge is -2.32. The van der Waals surface area contributed by atoms with Crippen molar-refractivity contribution in [3.05, 3.63) is 54.1 Å². The molecule has 41 heavy (non-hydrogen) atoms. The van der Waals surface area contributed by atoms with Gasteiger partial charge < -0.3 is 34.3 Å². The van der Waals surface area contributed by atoms with Crippen molar-refractivity contribution in [2.45, 2.75) is 77.2 Å². The maximum absolute atomic E-state index is 12.9. The Labute approximate surface area is 241 Å². The van der Waals surface area contributed by atoms with Crippen LogP contribution in [-0.4, -0.2) is 69.4 Å². The number of hydrogen-bond donors (Lipinski definition) is 1. The second-order valence-electron chi connectivity index (χ2n) is 11.9. The minimum Gasteiger partial charge on any atom is -0.488 e. The SMILES string of the molecule is CC(C)(C)OC(=O)N1CCCCC(n2c(N)nc3cccc(OC4CCN(C(=O)OCc5ccccc5)CC4)c32)C1. The van der Waals surface area contributed by atoms with Gasteiger partial charge in [-0.25, -0.2) is 14.6 Å². The topological polar surface area (TPSA) is 112 Å². The molecule has 1 aromatic heterocycles. The highest BCUT2D eigenvalue weighted by Crippen LogP contribution is 2.35. The fourth-order valence-electron chi connectivity index (χ4n) is 5.57. The number of imidazole rings is 1. The average molecular weight is 564 g/mol. The number of amides is 2. The van der Waals surface area contributed by atoms with Crippen LogP contribution in [0.4, 0.5) is 15.5 Å². The third-order valence-electron chi connectivity index (χ3n) is 7.56. The first-order valence-electron chi connectivity index (χ1n) is 14.5. The molecular formula is C31H41N5O5. The zero-order valence-electron chi connectivity index (χ0n) is 24.3. The van der Waals surface area contributed by atoms with Crippen LogP contribution < -0.4 is 10.5 Å². The summed E-state index contributed by atoms with van der Waals surface area (Å²) in [7, 11) is 0. The van der Waals surface area contributed by atoms with Gasteiger partial charge in [-0.05, 0) is 57.7 Å². The van der Waals surface area contributed by atoms with E-state index in [4.69, 9.17) is 19.9 Å². The minimum atomic E-state index is -0.561. The van der Waals surface area contributed by atoms with E-state index >= 15 is 0 Å². The summed E-state index contributed by atoms with van der Waals surface area (Å²) in [6, 6.07) is 15.4. The van der Waals surface area contributed by atoms with Crippen LogP contribution in [-0.2, 0) is 16.1 Å². The van der Waals surface area contributed by atoms with Gasteiger partial charge in [-0.15, -0.1) is 0 Å². The maximum Gasteiger partial charge on any atom is 0.410 e. The standard InChI is InChI=1S/C31H41N5O5/c1-31(2,3)41-30(38)35-17-8-7-12-23(20-35)36-27-25(33-28(36)32)13-9-14-26(27)40-24-15-18-34(19-16-24)29(37)39-21-22-10-5-4-6-11-22/h4-6,9-11,13-14,23-24H,7-8,12,15-21H2,1-3H3,(H2,32,33). The molecule has 0 saturated carbocycles. The first-order chi connectivity index (χ1) is 19.7. The smallest absolute Gasteiger partial charge is 0.410 e. The molecule has 1 atom stereocenters. The van der Waals surface area contributed by atoms with E-state index in [9.17, 15) is 9.59 Å². The molecule has 0 aliphatic carbocycles. The number of aromatic nitrogens is 2. The number of rotatable bonds is 5. The van der Waals surface area contributed by atoms with Crippen LogP contribution in [0.2, 0.25) is 0 Å². The zero-order valence-corrected chi connectivity index (χ0v) is 24.3. The quantitative estimate of drug-likeness (QED) is 0.420. The van der Waals surface area contributed by atoms with Crippen LogP contribution in [0, 0.1) is 0 Å². The van der Waals surface area contributed by atoms with Crippen molar-refractivity contribution in [3.8, 4) is 5.75 Å². The molecule has 3 heterocycles. The molecular weight excluding hydrogens is 522 g/mol. The number of nitrogen functional groups attached to an aromatic ring is 1. The number of hydrogen-bond acceptors (Lipinski definition) is 7. The molecule has 2 aliphatic heterocycles. The van der Waals surface area contributed by atoms with Crippen molar-refractivity contribution < 1.29 is 23.8 Å². The lowest BCUT2D eigenvalue weighted by Crippen LogP contribution is -2.42. The number of piperidine rings is 1. The third-order valence-corrected chi connectivity index (χ3v) is 7.56. The number of likely N-dealkylation sites (tertiary alicyclic amines) is 2. The first kappa shape index (κ1) is 28.6. The Bertz CT molecular complexity index is 1340. The normalized spacial score (nSPS) is 18.7. The van der Waals surface area contributed by atoms with Gasteiger partial charge in [0.1, 0.15) is 29.6 Å². The molecule has 0 spiro atoms. The first-order valence-corrected chi connectivity index (χ1v) is 14.5. The van der Waals surface area contributed by atoms with Crippen molar-refractivity contribution in [1.82, 2.24) is 19.4 Å². The van der Waals surface area contributed by atoms with Crippen molar-refractivity contribution in [3.63, 3.8) is 0 Å². The van der Waals surface area contributed by atoms with Crippen LogP contribution in [0.15, 0.2) is 48.5 Å². The number of anilines is 1. The highest BCUT2D eigenvalue weighted by molar-refractivity contribution is 5.85. The molecule has 2 amide bonds. The number of carbonyl (C=O) groups excluding carboxylic acids is 2. The summed E-state index contributed by atoms with van der Waals surface area (Å²) in [4.78, 5) is 33.7. The molecule has 10 heteroatoms. The summed E-state index contributed by atoms with van der Waals surface area (Å²) < 4.78 is 19.8. The molecule has 1 unspecified atom stereocenters. The Morgan fingerprint density at radius 2 is 1.68 bits per heavy atom. The van der Waals surface area contributed by atoms with Gasteiger partial charge in [0.05, 0.1) is 11.6 Å². The van der Waals surface area contributed by atoms with E-state index in [0.29, 0.717) is 50.7 Å². The Kier molecular flexibility index (Phi) is 8.56. The number of para-hydroxylation sites is 1. The summed E-state index contributed by atoms with van der Waals surface area (Å²) in [6.07, 6.45) is 3.44. The van der Waals surface area contributed by atoms with Gasteiger partial charge in [0.15, 0.2) is 0 Å². The molecule has 2 aliphatic rings. The second-order valence-corrected chi connectivity index (χ2v) is 11.9. The van der Waals surface area contributed by atoms with Crippen molar-refractivity contribution in [2.75, 3.05) is 31.9 Å². The largest absolute Gasteiger partial charge is 0.488 e. The maximum atomic E-state index is 12.9. The highest BCUT2D eigenvalue weighted by Gasteiger charge is 2.31. The van der Waals surface area contributed by atoms with Gasteiger partial charge in [-0.2, -0.15) is 0 Å². The lowest BCUT2D eigenvalue weighted by molar-refractivity contribution is 0.0238. The summed E-state index contributed by atoms with van der Waals surface area (Å²) in [5, 5.41) is 0. The van der Waals surface area contributed by atoms with Crippen molar-refractivity contribution >= 4 is 29.2 Å². The fraction of sp³-hybridized carbons (Fsp3) is 0.516. The number of benzene rings is 2. The molecule has 2 fully saturated rings. The zero-order chi connectivity index (χ0) is 29.0. The summed E-state index contributed by atoms with van der Waals surface area (Å²) >= 11 is 0. The Hall–Kier alpha value is -3.95. The van der Waals surface area contributed by atoms with Gasteiger partial charge in [0.2, 0.25) is 5.95 Å². The molecule has 0 bridgehead atoms. The Morgan fingerprint density at radius 1 is 0.927 bits per heavy atom. The van der Waals surface area contributed by atoms with E-state index in [1.807, 2.05) is 73.9 Å². The minimum absolute atomic E-state index is 0.0546. The predicted octanol–water partition coefficient (Wildman–Crippen LogP) is 5.76. The molecule has 10 nitrogen and oxygen atoms in total. The van der Waals surface area contributed by atoms with Gasteiger partial charge in [-0.3, -0.25) is 0 Å². The summed E-state index contributed by atoms with van der Waals surface area (Å²) in [6.45, 7) is 8.15.